The van der Waals surface area contributed by atoms with Crippen LogP contribution in [0.3, 0.4) is 0 Å². The highest BCUT2D eigenvalue weighted by atomic mass is 79.9. The first kappa shape index (κ1) is 10.9. The van der Waals surface area contributed by atoms with Gasteiger partial charge in [-0.15, -0.1) is 0 Å². The lowest BCUT2D eigenvalue weighted by molar-refractivity contribution is 0.202. The van der Waals surface area contributed by atoms with Gasteiger partial charge in [0.25, 0.3) is 10.2 Å². The number of nitrogens with one attached hydrogen (secondary N) is 2. The first-order valence-corrected chi connectivity index (χ1v) is 10.6. The van der Waals surface area contributed by atoms with Gasteiger partial charge < -0.3 is 9.47 Å². The third-order valence-corrected chi connectivity index (χ3v) is 4.35. The molecular formula is C20H23BrN6O4S. The monoisotopic (exact) mass is 537 g/mol. The van der Waals surface area contributed by atoms with Gasteiger partial charge in [0.05, 0.1) is 19.3 Å². The molecule has 0 radical (unpaired) electrons. The highest BCUT2D eigenvalue weighted by molar-refractivity contribution is 9.10. The molecule has 0 spiro atoms. The maximum atomic E-state index is 13.0. The van der Waals surface area contributed by atoms with E-state index >= 15 is 0 Å². The molecule has 3 rings (SSSR count). The van der Waals surface area contributed by atoms with Gasteiger partial charge in [-0.1, -0.05) is 34.9 Å². The predicted molar refractivity (Wildman–Crippen MR) is 124 cm³/mol. The van der Waals surface area contributed by atoms with Crippen LogP contribution in [0.15, 0.2) is 47.3 Å². The van der Waals surface area contributed by atoms with Crippen molar-refractivity contribution in [3.63, 3.8) is 0 Å². The van der Waals surface area contributed by atoms with Crippen LogP contribution in [0.4, 0.5) is 5.82 Å². The maximum absolute atomic E-state index is 13.0. The molecule has 1 aromatic carbocycles. The second-order valence-electron chi connectivity index (χ2n) is 5.39. The Morgan fingerprint density at radius 3 is 2.47 bits per heavy atom. The van der Waals surface area contributed by atoms with Crippen molar-refractivity contribution in [3.05, 3.63) is 52.9 Å². The zero-order chi connectivity index (χ0) is 36.2. The van der Waals surface area contributed by atoms with Crippen LogP contribution in [-0.2, 0) is 10.2 Å². The molecule has 0 bridgehead atoms. The molecule has 10 nitrogen and oxygen atoms in total. The molecule has 0 unspecified atom stereocenters. The molecule has 2 N–H and O–H groups in total. The molecule has 12 heteroatoms. The molecule has 0 saturated carbocycles. The Hall–Kier alpha value is -2.83. The van der Waals surface area contributed by atoms with Gasteiger partial charge in [-0.3, -0.25) is 4.72 Å². The van der Waals surface area contributed by atoms with Crippen molar-refractivity contribution in [2.45, 2.75) is 20.2 Å². The van der Waals surface area contributed by atoms with Gasteiger partial charge in [0.1, 0.15) is 20.8 Å². The molecule has 0 amide bonds. The summed E-state index contributed by atoms with van der Waals surface area (Å²) >= 11 is 2.89. The molecule has 0 fully saturated rings. The van der Waals surface area contributed by atoms with Crippen LogP contribution in [0.5, 0.6) is 11.9 Å². The molecule has 3 aromatic rings. The van der Waals surface area contributed by atoms with E-state index < -0.39 is 108 Å². The summed E-state index contributed by atoms with van der Waals surface area (Å²) in [4.78, 5) is 14.2. The Labute approximate surface area is 216 Å². The summed E-state index contributed by atoms with van der Waals surface area (Å²) in [7, 11) is -5.23. The molecule has 0 atom stereocenters. The summed E-state index contributed by atoms with van der Waals surface area (Å²) in [5.74, 6) is -2.34. The first-order chi connectivity index (χ1) is 21.1. The molecule has 0 aliphatic heterocycles. The fraction of sp³-hybridized carbons (Fsp3) is 0.300. The van der Waals surface area contributed by atoms with Gasteiger partial charge in [0.15, 0.2) is 5.82 Å². The van der Waals surface area contributed by atoms with Crippen molar-refractivity contribution in [1.29, 1.82) is 0 Å². The third-order valence-electron chi connectivity index (χ3n) is 3.12. The van der Waals surface area contributed by atoms with E-state index in [0.717, 1.165) is 6.92 Å². The van der Waals surface area contributed by atoms with Gasteiger partial charge in [-0.05, 0) is 36.5 Å². The van der Waals surface area contributed by atoms with E-state index in [1.54, 1.807) is 4.72 Å². The van der Waals surface area contributed by atoms with Crippen molar-refractivity contribution >= 4 is 32.0 Å². The smallest absolute Gasteiger partial charge is 0.316 e. The lowest BCUT2D eigenvalue weighted by Gasteiger charge is -2.15. The van der Waals surface area contributed by atoms with Gasteiger partial charge in [0.2, 0.25) is 5.88 Å². The Morgan fingerprint density at radius 2 is 1.78 bits per heavy atom. The van der Waals surface area contributed by atoms with Crippen LogP contribution >= 0.6 is 15.9 Å². The minimum absolute atomic E-state index is 0.00665. The summed E-state index contributed by atoms with van der Waals surface area (Å²) < 4.78 is 159. The number of ether oxygens (including phenoxy) is 2. The third kappa shape index (κ3) is 6.84. The SMILES string of the molecule is [2H]c1nc(NS(=O)(=O)NC([2H])([2H])C([2H])([2H])C)c(-c2c([2H])c([2H])c(Br)c([2H])c2[2H])c(OC([2H])([2H])C([2H])([2H])Oc2nc([2H])c(C)c([2H])n2)n1. The Kier molecular flexibility index (Phi) is 3.79. The highest BCUT2D eigenvalue weighted by Gasteiger charge is 2.19. The average Bonchev–Trinajstić information content (AvgIpc) is 2.88. The van der Waals surface area contributed by atoms with Crippen molar-refractivity contribution in [3.8, 4) is 23.0 Å². The quantitative estimate of drug-likeness (QED) is 0.381. The van der Waals surface area contributed by atoms with E-state index in [-0.39, 0.29) is 10.0 Å². The Balaban J connectivity index is 2.28. The highest BCUT2D eigenvalue weighted by Crippen LogP contribution is 2.34. The van der Waals surface area contributed by atoms with Crippen molar-refractivity contribution in [2.75, 3.05) is 24.3 Å². The van der Waals surface area contributed by atoms with Crippen LogP contribution in [0, 0.1) is 6.92 Å². The summed E-state index contributed by atoms with van der Waals surface area (Å²) in [5, 5.41) is 0. The molecule has 0 saturated heterocycles. The fourth-order valence-electron chi connectivity index (χ4n) is 1.89. The number of aromatic nitrogens is 4. The number of nitrogens with zero attached hydrogens (tertiary/aromatic N) is 4. The molecule has 0 aliphatic rings. The van der Waals surface area contributed by atoms with Gasteiger partial charge in [-0.2, -0.15) is 13.1 Å². The van der Waals surface area contributed by atoms with Crippen LogP contribution in [-0.4, -0.2) is 48.0 Å². The average molecular weight is 539 g/mol. The summed E-state index contributed by atoms with van der Waals surface area (Å²) in [5.41, 5.74) is -1.83. The lowest BCUT2D eigenvalue weighted by atomic mass is 10.1. The topological polar surface area (TPSA) is 128 Å². The first-order valence-electron chi connectivity index (χ1n) is 15.8. The van der Waals surface area contributed by atoms with Crippen molar-refractivity contribution in [2.24, 2.45) is 0 Å². The number of benzene rings is 1. The predicted octanol–water partition coefficient (Wildman–Crippen LogP) is 3.12. The largest absolute Gasteiger partial charge is 0.473 e. The molecule has 170 valence electrons. The van der Waals surface area contributed by atoms with E-state index in [1.807, 2.05) is 0 Å². The van der Waals surface area contributed by atoms with Gasteiger partial charge in [0, 0.05) is 28.8 Å². The molecule has 32 heavy (non-hydrogen) atoms. The van der Waals surface area contributed by atoms with Crippen LogP contribution in [0.2, 0.25) is 0 Å². The zero-order valence-corrected chi connectivity index (χ0v) is 18.6. The van der Waals surface area contributed by atoms with Crippen molar-refractivity contribution in [1.82, 2.24) is 24.7 Å². The lowest BCUT2D eigenvalue weighted by Crippen LogP contribution is -2.31. The number of rotatable bonds is 11. The van der Waals surface area contributed by atoms with E-state index in [2.05, 4.69) is 35.9 Å². The molecular weight excluding hydrogens is 500 g/mol. The number of halogens is 1. The van der Waals surface area contributed by atoms with Gasteiger partial charge in [-0.25, -0.2) is 19.9 Å². The van der Waals surface area contributed by atoms with Gasteiger partial charge >= 0.3 is 6.01 Å². The summed E-state index contributed by atoms with van der Waals surface area (Å²) in [6.07, 6.45) is -5.03. The zero-order valence-electron chi connectivity index (χ0n) is 31.2. The normalized spacial score (nSPS) is 19.8. The Bertz CT molecular complexity index is 1790. The number of anilines is 1. The molecule has 2 heterocycles. The summed E-state index contributed by atoms with van der Waals surface area (Å²) in [6.45, 7) is -8.57. The maximum Gasteiger partial charge on any atom is 0.316 e. The molecule has 2 aromatic heterocycles. The Morgan fingerprint density at radius 1 is 1.09 bits per heavy atom. The minimum atomic E-state index is -5.23. The number of hydrogen-bond acceptors (Lipinski definition) is 8. The van der Waals surface area contributed by atoms with E-state index in [0.29, 0.717) is 0 Å². The molecule has 0 aliphatic carbocycles. The minimum Gasteiger partial charge on any atom is -0.473 e. The second kappa shape index (κ2) is 11.2. The second-order valence-corrected chi connectivity index (χ2v) is 7.60. The van der Waals surface area contributed by atoms with E-state index in [1.165, 1.54) is 11.6 Å². The number of hydrogen-bond donors (Lipinski definition) is 2. The van der Waals surface area contributed by atoms with Crippen LogP contribution < -0.4 is 18.9 Å². The van der Waals surface area contributed by atoms with Crippen LogP contribution in [0.25, 0.3) is 11.1 Å². The van der Waals surface area contributed by atoms with Crippen LogP contribution in [0.1, 0.15) is 39.4 Å². The fourth-order valence-corrected chi connectivity index (χ4v) is 2.78. The van der Waals surface area contributed by atoms with E-state index in [4.69, 9.17) is 30.0 Å². The summed E-state index contributed by atoms with van der Waals surface area (Å²) in [6, 6.07) is -4.24. The van der Waals surface area contributed by atoms with Crippen molar-refractivity contribution < 1.29 is 38.5 Å². The standard InChI is InChI=1S/C20H23BrN6O4S/c1-3-8-26-32(28,29)27-18-17(15-4-6-16(21)7-5-15)19(25-13-24-18)30-9-10-31-20-22-11-14(2)12-23-20/h4-7,11-13,26H,3,8-10H2,1-2H3,(H,24,25,27)/i3D2,4D,5D,6D,7D,8D2,9D2,10D2,11D,12D,13D. The van der Waals surface area contributed by atoms with E-state index in [9.17, 15) is 8.42 Å².